The van der Waals surface area contributed by atoms with Crippen molar-refractivity contribution < 1.29 is 0 Å². The molecule has 0 saturated carbocycles. The molecule has 0 aromatic heterocycles. The Morgan fingerprint density at radius 3 is 2.85 bits per heavy atom. The van der Waals surface area contributed by atoms with Gasteiger partial charge in [-0.2, -0.15) is 0 Å². The maximum atomic E-state index is 3.59. The van der Waals surface area contributed by atoms with E-state index in [1.807, 2.05) is 0 Å². The Hall–Kier alpha value is -1.80. The van der Waals surface area contributed by atoms with Crippen LogP contribution in [0.5, 0.6) is 0 Å². The molecule has 0 amide bonds. The van der Waals surface area contributed by atoms with Crippen molar-refractivity contribution in [2.24, 2.45) is 0 Å². The Kier molecular flexibility index (Phi) is 2.96. The van der Waals surface area contributed by atoms with Crippen LogP contribution in [0.2, 0.25) is 0 Å². The smallest absolute Gasteiger partial charge is 0.0429 e. The highest BCUT2D eigenvalue weighted by atomic mass is 15.2. The normalized spacial score (nSPS) is 20.6. The van der Waals surface area contributed by atoms with Crippen LogP contribution in [0.3, 0.4) is 0 Å². The van der Waals surface area contributed by atoms with Crippen molar-refractivity contribution in [3.8, 4) is 0 Å². The molecule has 1 atom stereocenters. The standard InChI is InChI=1S/C18H20N2/c1-2-5-14(6-3-1)12-20-13-16-11-19-10-9-15-7-4-8-17(20)18(15)16/h1-8,16,19H,9-13H2. The first-order valence-corrected chi connectivity index (χ1v) is 7.53. The third-order valence-corrected chi connectivity index (χ3v) is 4.54. The third kappa shape index (κ3) is 2.01. The van der Waals surface area contributed by atoms with Gasteiger partial charge in [0, 0.05) is 31.2 Å². The molecule has 2 nitrogen and oxygen atoms in total. The summed E-state index contributed by atoms with van der Waals surface area (Å²) in [5, 5.41) is 3.59. The first kappa shape index (κ1) is 12.0. The summed E-state index contributed by atoms with van der Waals surface area (Å²) < 4.78 is 0. The van der Waals surface area contributed by atoms with Crippen LogP contribution >= 0.6 is 0 Å². The molecule has 0 fully saturated rings. The highest BCUT2D eigenvalue weighted by Gasteiger charge is 2.31. The number of hydrogen-bond donors (Lipinski definition) is 1. The summed E-state index contributed by atoms with van der Waals surface area (Å²) in [7, 11) is 0. The van der Waals surface area contributed by atoms with E-state index in [2.05, 4.69) is 58.7 Å². The van der Waals surface area contributed by atoms with Crippen LogP contribution in [0.4, 0.5) is 5.69 Å². The van der Waals surface area contributed by atoms with Crippen molar-refractivity contribution in [2.75, 3.05) is 24.5 Å². The molecule has 4 rings (SSSR count). The number of benzene rings is 2. The molecule has 1 unspecified atom stereocenters. The maximum Gasteiger partial charge on any atom is 0.0429 e. The van der Waals surface area contributed by atoms with E-state index in [-0.39, 0.29) is 0 Å². The average molecular weight is 264 g/mol. The zero-order valence-corrected chi connectivity index (χ0v) is 11.7. The molecule has 2 heteroatoms. The Morgan fingerprint density at radius 2 is 1.95 bits per heavy atom. The minimum atomic E-state index is 0.660. The quantitative estimate of drug-likeness (QED) is 0.897. The SMILES string of the molecule is c1ccc(CN2CC3CNCCc4cccc2c43)cc1. The number of nitrogens with zero attached hydrogens (tertiary/aromatic N) is 1. The van der Waals surface area contributed by atoms with Crippen molar-refractivity contribution in [1.82, 2.24) is 5.32 Å². The van der Waals surface area contributed by atoms with E-state index in [1.54, 1.807) is 11.1 Å². The summed E-state index contributed by atoms with van der Waals surface area (Å²) in [6.07, 6.45) is 1.17. The molecule has 2 aromatic carbocycles. The first-order valence-electron chi connectivity index (χ1n) is 7.53. The predicted molar refractivity (Wildman–Crippen MR) is 83.2 cm³/mol. The van der Waals surface area contributed by atoms with E-state index in [1.165, 1.54) is 17.7 Å². The molecule has 2 aliphatic heterocycles. The lowest BCUT2D eigenvalue weighted by atomic mass is 9.96. The van der Waals surface area contributed by atoms with Gasteiger partial charge in [-0.3, -0.25) is 0 Å². The lowest BCUT2D eigenvalue weighted by molar-refractivity contribution is 0.614. The van der Waals surface area contributed by atoms with Crippen LogP contribution in [-0.2, 0) is 13.0 Å². The number of rotatable bonds is 2. The lowest BCUT2D eigenvalue weighted by Gasteiger charge is -2.20. The van der Waals surface area contributed by atoms with Gasteiger partial charge in [-0.1, -0.05) is 42.5 Å². The first-order chi connectivity index (χ1) is 9.92. The monoisotopic (exact) mass is 264 g/mol. The van der Waals surface area contributed by atoms with Gasteiger partial charge in [0.05, 0.1) is 0 Å². The molecular formula is C18H20N2. The van der Waals surface area contributed by atoms with Gasteiger partial charge in [-0.05, 0) is 35.7 Å². The fourth-order valence-corrected chi connectivity index (χ4v) is 3.64. The fraction of sp³-hybridized carbons (Fsp3) is 0.333. The zero-order valence-electron chi connectivity index (χ0n) is 11.7. The Labute approximate surface area is 120 Å². The number of hydrogen-bond acceptors (Lipinski definition) is 2. The molecule has 2 heterocycles. The highest BCUT2D eigenvalue weighted by Crippen LogP contribution is 2.40. The van der Waals surface area contributed by atoms with Crippen LogP contribution in [0.25, 0.3) is 0 Å². The van der Waals surface area contributed by atoms with E-state index in [9.17, 15) is 0 Å². The van der Waals surface area contributed by atoms with Crippen LogP contribution in [0.1, 0.15) is 22.6 Å². The third-order valence-electron chi connectivity index (χ3n) is 4.54. The van der Waals surface area contributed by atoms with Crippen molar-refractivity contribution >= 4 is 5.69 Å². The Bertz CT molecular complexity index is 606. The molecule has 0 spiro atoms. The predicted octanol–water partition coefficient (Wildman–Crippen LogP) is 2.94. The van der Waals surface area contributed by atoms with E-state index in [4.69, 9.17) is 0 Å². The van der Waals surface area contributed by atoms with Gasteiger partial charge in [0.1, 0.15) is 0 Å². The van der Waals surface area contributed by atoms with Crippen molar-refractivity contribution in [2.45, 2.75) is 18.9 Å². The second-order valence-electron chi connectivity index (χ2n) is 5.87. The van der Waals surface area contributed by atoms with E-state index in [0.717, 1.165) is 26.2 Å². The van der Waals surface area contributed by atoms with Gasteiger partial charge in [0.2, 0.25) is 0 Å². The van der Waals surface area contributed by atoms with Gasteiger partial charge in [-0.25, -0.2) is 0 Å². The molecule has 2 aromatic rings. The molecule has 2 aliphatic rings. The average Bonchev–Trinajstić information content (AvgIpc) is 2.70. The number of anilines is 1. The van der Waals surface area contributed by atoms with Crippen molar-refractivity contribution in [3.63, 3.8) is 0 Å². The summed E-state index contributed by atoms with van der Waals surface area (Å²) in [6, 6.07) is 17.6. The molecular weight excluding hydrogens is 244 g/mol. The minimum absolute atomic E-state index is 0.660. The Morgan fingerprint density at radius 1 is 1.05 bits per heavy atom. The van der Waals surface area contributed by atoms with Gasteiger partial charge in [-0.15, -0.1) is 0 Å². The summed E-state index contributed by atoms with van der Waals surface area (Å²) in [6.45, 7) is 4.41. The van der Waals surface area contributed by atoms with Gasteiger partial charge < -0.3 is 10.2 Å². The highest BCUT2D eigenvalue weighted by molar-refractivity contribution is 5.63. The van der Waals surface area contributed by atoms with E-state index < -0.39 is 0 Å². The Balaban J connectivity index is 1.69. The van der Waals surface area contributed by atoms with Crippen molar-refractivity contribution in [1.29, 1.82) is 0 Å². The summed E-state index contributed by atoms with van der Waals surface area (Å²) in [4.78, 5) is 2.55. The molecule has 1 N–H and O–H groups in total. The van der Waals surface area contributed by atoms with Crippen LogP contribution in [-0.4, -0.2) is 19.6 Å². The maximum absolute atomic E-state index is 3.59. The molecule has 102 valence electrons. The zero-order chi connectivity index (χ0) is 13.4. The molecule has 0 aliphatic carbocycles. The van der Waals surface area contributed by atoms with Crippen LogP contribution < -0.4 is 10.2 Å². The summed E-state index contributed by atoms with van der Waals surface area (Å²) >= 11 is 0. The van der Waals surface area contributed by atoms with Crippen LogP contribution in [0, 0.1) is 0 Å². The van der Waals surface area contributed by atoms with E-state index in [0.29, 0.717) is 5.92 Å². The molecule has 0 radical (unpaired) electrons. The lowest BCUT2D eigenvalue weighted by Crippen LogP contribution is -2.26. The molecule has 0 bridgehead atoms. The van der Waals surface area contributed by atoms with Crippen molar-refractivity contribution in [3.05, 3.63) is 65.2 Å². The molecule has 20 heavy (non-hydrogen) atoms. The second-order valence-corrected chi connectivity index (χ2v) is 5.87. The van der Waals surface area contributed by atoms with Crippen LogP contribution in [0.15, 0.2) is 48.5 Å². The van der Waals surface area contributed by atoms with Gasteiger partial charge in [0.15, 0.2) is 0 Å². The largest absolute Gasteiger partial charge is 0.366 e. The number of nitrogens with one attached hydrogen (secondary N) is 1. The fourth-order valence-electron chi connectivity index (χ4n) is 3.64. The van der Waals surface area contributed by atoms with Gasteiger partial charge >= 0.3 is 0 Å². The minimum Gasteiger partial charge on any atom is -0.366 e. The van der Waals surface area contributed by atoms with E-state index >= 15 is 0 Å². The second kappa shape index (κ2) is 4.95. The summed E-state index contributed by atoms with van der Waals surface area (Å²) in [5.74, 6) is 0.660. The topological polar surface area (TPSA) is 15.3 Å². The van der Waals surface area contributed by atoms with Gasteiger partial charge in [0.25, 0.3) is 0 Å². The molecule has 0 saturated heterocycles. The summed E-state index contributed by atoms with van der Waals surface area (Å²) in [5.41, 5.74) is 6.01.